The van der Waals surface area contributed by atoms with Crippen LogP contribution in [0.4, 0.5) is 0 Å². The zero-order valence-corrected chi connectivity index (χ0v) is 19.7. The fourth-order valence-corrected chi connectivity index (χ4v) is 6.87. The molecule has 1 amide bonds. The highest BCUT2D eigenvalue weighted by Crippen LogP contribution is 2.34. The van der Waals surface area contributed by atoms with Crippen molar-refractivity contribution >= 4 is 35.1 Å². The van der Waals surface area contributed by atoms with E-state index in [1.807, 2.05) is 64.8 Å². The number of ether oxygens (including phenoxy) is 1. The molecule has 0 aliphatic carbocycles. The lowest BCUT2D eigenvalue weighted by Crippen LogP contribution is -2.59. The molecule has 2 aliphatic rings. The van der Waals surface area contributed by atoms with Gasteiger partial charge in [-0.05, 0) is 36.4 Å². The van der Waals surface area contributed by atoms with Crippen molar-refractivity contribution in [2.24, 2.45) is 0 Å². The molecule has 32 heavy (non-hydrogen) atoms. The number of morpholine rings is 1. The molecule has 2 fully saturated rings. The number of benzene rings is 1. The maximum absolute atomic E-state index is 13.2. The largest absolute Gasteiger partial charge is 0.379 e. The highest BCUT2D eigenvalue weighted by atomic mass is 32.2. The van der Waals surface area contributed by atoms with E-state index < -0.39 is 0 Å². The number of aromatic nitrogens is 2. The van der Waals surface area contributed by atoms with Gasteiger partial charge < -0.3 is 14.5 Å². The van der Waals surface area contributed by atoms with Crippen molar-refractivity contribution in [2.45, 2.75) is 22.6 Å². The number of carbonyl (C=O) groups is 1. The van der Waals surface area contributed by atoms with Crippen LogP contribution in [0.1, 0.15) is 22.5 Å². The Labute approximate surface area is 197 Å². The molecule has 3 aromatic rings. The predicted molar refractivity (Wildman–Crippen MR) is 131 cm³/mol. The molecule has 4 heterocycles. The van der Waals surface area contributed by atoms with Gasteiger partial charge in [0, 0.05) is 54.0 Å². The lowest BCUT2D eigenvalue weighted by Gasteiger charge is -2.43. The van der Waals surface area contributed by atoms with Crippen LogP contribution in [0.15, 0.2) is 59.8 Å². The molecule has 1 aromatic carbocycles. The summed E-state index contributed by atoms with van der Waals surface area (Å²) in [5.74, 6) is 2.95. The van der Waals surface area contributed by atoms with Gasteiger partial charge in [-0.3, -0.25) is 9.69 Å². The summed E-state index contributed by atoms with van der Waals surface area (Å²) in [6.45, 7) is 4.14. The minimum atomic E-state index is 0.00707. The average molecular weight is 469 g/mol. The minimum absolute atomic E-state index is 0.00707. The van der Waals surface area contributed by atoms with Gasteiger partial charge in [-0.25, -0.2) is 4.98 Å². The van der Waals surface area contributed by atoms with E-state index in [-0.39, 0.29) is 11.4 Å². The molecule has 8 heteroatoms. The summed E-state index contributed by atoms with van der Waals surface area (Å²) in [5, 5.41) is 3.27. The Morgan fingerprint density at radius 2 is 2.03 bits per heavy atom. The zero-order chi connectivity index (χ0) is 21.8. The molecule has 0 spiro atoms. The van der Waals surface area contributed by atoms with E-state index in [0.717, 1.165) is 71.8 Å². The van der Waals surface area contributed by atoms with Gasteiger partial charge >= 0.3 is 0 Å². The third-order valence-corrected chi connectivity index (χ3v) is 8.60. The number of fused-ring (bicyclic) bond motifs is 1. The molecule has 0 radical (unpaired) electrons. The standard InChI is InChI=1S/C24H28N4O2S2/c29-23(25-17-24(8-14-31-18-24)28-10-12-30-13-11-28)20-5-1-2-6-21(20)32-16-19-15-27-9-4-3-7-22(27)26-19/h1-7,9,15H,8,10-14,16-18H2,(H,25,29). The molecule has 0 saturated carbocycles. The van der Waals surface area contributed by atoms with Gasteiger partial charge in [-0.1, -0.05) is 18.2 Å². The first-order valence-electron chi connectivity index (χ1n) is 11.1. The first-order valence-corrected chi connectivity index (χ1v) is 13.2. The van der Waals surface area contributed by atoms with Crippen LogP contribution < -0.4 is 5.32 Å². The van der Waals surface area contributed by atoms with Crippen molar-refractivity contribution in [3.63, 3.8) is 0 Å². The van der Waals surface area contributed by atoms with Crippen molar-refractivity contribution in [2.75, 3.05) is 44.4 Å². The van der Waals surface area contributed by atoms with Crippen LogP contribution in [0, 0.1) is 0 Å². The lowest BCUT2D eigenvalue weighted by atomic mass is 9.95. The van der Waals surface area contributed by atoms with Crippen LogP contribution in [0.5, 0.6) is 0 Å². The van der Waals surface area contributed by atoms with Crippen molar-refractivity contribution in [1.82, 2.24) is 19.6 Å². The maximum atomic E-state index is 13.2. The molecular formula is C24H28N4O2S2. The first kappa shape index (κ1) is 21.8. The van der Waals surface area contributed by atoms with Gasteiger partial charge in [-0.2, -0.15) is 11.8 Å². The van der Waals surface area contributed by atoms with Gasteiger partial charge in [0.15, 0.2) is 0 Å². The fraction of sp³-hybridized carbons (Fsp3) is 0.417. The van der Waals surface area contributed by atoms with Crippen LogP contribution in [-0.2, 0) is 10.5 Å². The third kappa shape index (κ3) is 4.69. The summed E-state index contributed by atoms with van der Waals surface area (Å²) in [5.41, 5.74) is 2.73. The van der Waals surface area contributed by atoms with Gasteiger partial charge in [-0.15, -0.1) is 11.8 Å². The van der Waals surface area contributed by atoms with Gasteiger partial charge in [0.05, 0.1) is 24.5 Å². The Morgan fingerprint density at radius 3 is 2.84 bits per heavy atom. The van der Waals surface area contributed by atoms with E-state index in [0.29, 0.717) is 6.54 Å². The molecule has 5 rings (SSSR count). The second-order valence-corrected chi connectivity index (χ2v) is 10.4. The number of nitrogens with one attached hydrogen (secondary N) is 1. The molecule has 2 aliphatic heterocycles. The van der Waals surface area contributed by atoms with Crippen LogP contribution in [0.25, 0.3) is 5.65 Å². The highest BCUT2D eigenvalue weighted by Gasteiger charge is 2.41. The van der Waals surface area contributed by atoms with Crippen LogP contribution in [0.2, 0.25) is 0 Å². The smallest absolute Gasteiger partial charge is 0.252 e. The summed E-state index contributed by atoms with van der Waals surface area (Å²) in [7, 11) is 0. The van der Waals surface area contributed by atoms with E-state index in [4.69, 9.17) is 4.74 Å². The zero-order valence-electron chi connectivity index (χ0n) is 18.0. The summed E-state index contributed by atoms with van der Waals surface area (Å²) in [4.78, 5) is 21.4. The lowest BCUT2D eigenvalue weighted by molar-refractivity contribution is -0.0129. The number of pyridine rings is 1. The number of hydrogen-bond donors (Lipinski definition) is 1. The van der Waals surface area contributed by atoms with Gasteiger partial charge in [0.1, 0.15) is 5.65 Å². The Bertz CT molecular complexity index is 1040. The fourth-order valence-electron chi connectivity index (χ4n) is 4.46. The first-order chi connectivity index (χ1) is 15.7. The summed E-state index contributed by atoms with van der Waals surface area (Å²) >= 11 is 3.65. The SMILES string of the molecule is O=C(NCC1(N2CCOCC2)CCSC1)c1ccccc1SCc1cn2ccccc2n1. The number of nitrogens with zero attached hydrogens (tertiary/aromatic N) is 3. The van der Waals surface area contributed by atoms with Crippen LogP contribution in [-0.4, -0.2) is 70.1 Å². The number of hydrogen-bond acceptors (Lipinski definition) is 6. The van der Waals surface area contributed by atoms with E-state index in [1.165, 1.54) is 0 Å². The van der Waals surface area contributed by atoms with E-state index in [1.54, 1.807) is 11.8 Å². The molecule has 1 unspecified atom stereocenters. The summed E-state index contributed by atoms with van der Waals surface area (Å²) in [6, 6.07) is 13.9. The number of imidazole rings is 1. The molecule has 0 bridgehead atoms. The van der Waals surface area contributed by atoms with Crippen molar-refractivity contribution < 1.29 is 9.53 Å². The Hall–Kier alpha value is -2.00. The van der Waals surface area contributed by atoms with Crippen molar-refractivity contribution in [1.29, 1.82) is 0 Å². The second-order valence-electron chi connectivity index (χ2n) is 8.29. The van der Waals surface area contributed by atoms with Crippen LogP contribution in [0.3, 0.4) is 0 Å². The minimum Gasteiger partial charge on any atom is -0.379 e. The normalized spacial score (nSPS) is 21.8. The molecule has 1 N–H and O–H groups in total. The molecule has 1 atom stereocenters. The monoisotopic (exact) mass is 468 g/mol. The number of carbonyl (C=O) groups excluding carboxylic acids is 1. The van der Waals surface area contributed by atoms with E-state index >= 15 is 0 Å². The number of rotatable bonds is 7. The summed E-state index contributed by atoms with van der Waals surface area (Å²) < 4.78 is 7.58. The molecule has 168 valence electrons. The van der Waals surface area contributed by atoms with Gasteiger partial charge in [0.25, 0.3) is 5.91 Å². The highest BCUT2D eigenvalue weighted by molar-refractivity contribution is 7.99. The third-order valence-electron chi connectivity index (χ3n) is 6.26. The van der Waals surface area contributed by atoms with E-state index in [2.05, 4.69) is 21.4 Å². The van der Waals surface area contributed by atoms with E-state index in [9.17, 15) is 4.79 Å². The second kappa shape index (κ2) is 9.87. The topological polar surface area (TPSA) is 58.9 Å². The molecular weight excluding hydrogens is 440 g/mol. The average Bonchev–Trinajstić information content (AvgIpc) is 3.49. The van der Waals surface area contributed by atoms with Crippen molar-refractivity contribution in [3.8, 4) is 0 Å². The Balaban J connectivity index is 1.26. The van der Waals surface area contributed by atoms with Crippen molar-refractivity contribution in [3.05, 3.63) is 66.1 Å². The summed E-state index contributed by atoms with van der Waals surface area (Å²) in [6.07, 6.45) is 5.17. The van der Waals surface area contributed by atoms with Gasteiger partial charge in [0.2, 0.25) is 0 Å². The molecule has 2 aromatic heterocycles. The Morgan fingerprint density at radius 1 is 1.19 bits per heavy atom. The predicted octanol–water partition coefficient (Wildman–Crippen LogP) is 3.56. The number of amides is 1. The molecule has 6 nitrogen and oxygen atoms in total. The Kier molecular flexibility index (Phi) is 6.73. The quantitative estimate of drug-likeness (QED) is 0.535. The van der Waals surface area contributed by atoms with Crippen LogP contribution >= 0.6 is 23.5 Å². The molecule has 2 saturated heterocycles. The number of thioether (sulfide) groups is 2. The maximum Gasteiger partial charge on any atom is 0.252 e.